The third-order valence-electron chi connectivity index (χ3n) is 3.45. The van der Waals surface area contributed by atoms with Gasteiger partial charge in [0.15, 0.2) is 0 Å². The van der Waals surface area contributed by atoms with E-state index in [1.54, 1.807) is 6.07 Å². The number of hydrogen-bond acceptors (Lipinski definition) is 1. The Hall–Kier alpha value is -1.19. The monoisotopic (exact) mass is 321 g/mol. The molecule has 100 valence electrons. The van der Waals surface area contributed by atoms with Crippen LogP contribution < -0.4 is 5.73 Å². The molecule has 0 spiro atoms. The maximum absolute atomic E-state index is 14.1. The minimum absolute atomic E-state index is 0.210. The van der Waals surface area contributed by atoms with E-state index in [9.17, 15) is 4.39 Å². The molecule has 1 nitrogen and oxygen atoms in total. The van der Waals surface area contributed by atoms with Crippen molar-refractivity contribution in [1.29, 1.82) is 0 Å². The summed E-state index contributed by atoms with van der Waals surface area (Å²) in [5.41, 5.74) is 7.32. The SMILES string of the molecule is CC(CN)(Cc1ccccc1)c1c(F)cccc1Br. The smallest absolute Gasteiger partial charge is 0.128 e. The molecule has 1 unspecified atom stereocenters. The molecule has 3 heteroatoms. The number of hydrogen-bond donors (Lipinski definition) is 1. The van der Waals surface area contributed by atoms with Crippen molar-refractivity contribution in [2.24, 2.45) is 5.73 Å². The molecule has 2 aromatic rings. The van der Waals surface area contributed by atoms with Gasteiger partial charge in [-0.2, -0.15) is 0 Å². The fraction of sp³-hybridized carbons (Fsp3) is 0.250. The molecule has 0 bridgehead atoms. The summed E-state index contributed by atoms with van der Waals surface area (Å²) in [4.78, 5) is 0. The van der Waals surface area contributed by atoms with Crippen LogP contribution in [0.15, 0.2) is 53.0 Å². The second kappa shape index (κ2) is 5.85. The highest BCUT2D eigenvalue weighted by Gasteiger charge is 2.30. The van der Waals surface area contributed by atoms with Crippen LogP contribution in [-0.2, 0) is 11.8 Å². The molecule has 0 aromatic heterocycles. The minimum atomic E-state index is -0.425. The first-order valence-electron chi connectivity index (χ1n) is 6.25. The summed E-state index contributed by atoms with van der Waals surface area (Å²) >= 11 is 3.44. The summed E-state index contributed by atoms with van der Waals surface area (Å²) in [6.45, 7) is 2.39. The molecule has 0 saturated heterocycles. The standard InChI is InChI=1S/C16H17BrFN/c1-16(11-19,10-12-6-3-2-4-7-12)15-13(17)8-5-9-14(15)18/h2-9H,10-11,19H2,1H3. The van der Waals surface area contributed by atoms with Gasteiger partial charge in [-0.25, -0.2) is 4.39 Å². The Balaban J connectivity index is 2.43. The molecule has 19 heavy (non-hydrogen) atoms. The lowest BCUT2D eigenvalue weighted by molar-refractivity contribution is 0.447. The second-order valence-corrected chi connectivity index (χ2v) is 5.88. The van der Waals surface area contributed by atoms with Gasteiger partial charge in [0, 0.05) is 22.0 Å². The quantitative estimate of drug-likeness (QED) is 0.903. The highest BCUT2D eigenvalue weighted by Crippen LogP contribution is 2.34. The number of rotatable bonds is 4. The molecular weight excluding hydrogens is 305 g/mol. The maximum Gasteiger partial charge on any atom is 0.128 e. The van der Waals surface area contributed by atoms with Crippen LogP contribution in [0.4, 0.5) is 4.39 Å². The highest BCUT2D eigenvalue weighted by atomic mass is 79.9. The third-order valence-corrected chi connectivity index (χ3v) is 4.11. The fourth-order valence-corrected chi connectivity index (χ4v) is 3.20. The van der Waals surface area contributed by atoms with E-state index >= 15 is 0 Å². The maximum atomic E-state index is 14.1. The molecule has 0 aliphatic carbocycles. The molecule has 0 fully saturated rings. The van der Waals surface area contributed by atoms with Gasteiger partial charge in [-0.1, -0.05) is 59.3 Å². The van der Waals surface area contributed by atoms with E-state index in [-0.39, 0.29) is 5.82 Å². The predicted octanol–water partition coefficient (Wildman–Crippen LogP) is 4.05. The fourth-order valence-electron chi connectivity index (χ4n) is 2.38. The molecule has 0 saturated carbocycles. The Labute approximate surface area is 121 Å². The van der Waals surface area contributed by atoms with Gasteiger partial charge in [0.05, 0.1) is 0 Å². The van der Waals surface area contributed by atoms with Crippen LogP contribution in [0.3, 0.4) is 0 Å². The molecule has 0 aliphatic rings. The van der Waals surface area contributed by atoms with Crippen molar-refractivity contribution < 1.29 is 4.39 Å². The first-order valence-corrected chi connectivity index (χ1v) is 7.04. The lowest BCUT2D eigenvalue weighted by Gasteiger charge is -2.30. The van der Waals surface area contributed by atoms with Crippen molar-refractivity contribution in [3.8, 4) is 0 Å². The summed E-state index contributed by atoms with van der Waals surface area (Å²) in [7, 11) is 0. The first kappa shape index (κ1) is 14.2. The van der Waals surface area contributed by atoms with Gasteiger partial charge < -0.3 is 5.73 Å². The molecule has 2 rings (SSSR count). The molecule has 0 amide bonds. The van der Waals surface area contributed by atoms with E-state index in [4.69, 9.17) is 5.73 Å². The zero-order chi connectivity index (χ0) is 13.9. The van der Waals surface area contributed by atoms with Gasteiger partial charge in [-0.05, 0) is 24.1 Å². The Bertz CT molecular complexity index is 536. The van der Waals surface area contributed by atoms with Crippen LogP contribution in [-0.4, -0.2) is 6.54 Å². The van der Waals surface area contributed by atoms with Crippen molar-refractivity contribution in [1.82, 2.24) is 0 Å². The molecule has 2 N–H and O–H groups in total. The average molecular weight is 322 g/mol. The molecule has 1 atom stereocenters. The topological polar surface area (TPSA) is 26.0 Å². The molecular formula is C16H17BrFN. The Morgan fingerprint density at radius 2 is 1.79 bits per heavy atom. The van der Waals surface area contributed by atoms with Gasteiger partial charge >= 0.3 is 0 Å². The summed E-state index contributed by atoms with van der Waals surface area (Å²) < 4.78 is 14.9. The van der Waals surface area contributed by atoms with Crippen LogP contribution in [0.1, 0.15) is 18.1 Å². The van der Waals surface area contributed by atoms with Crippen LogP contribution >= 0.6 is 15.9 Å². The number of benzene rings is 2. The van der Waals surface area contributed by atoms with Crippen molar-refractivity contribution in [2.45, 2.75) is 18.8 Å². The van der Waals surface area contributed by atoms with E-state index < -0.39 is 5.41 Å². The van der Waals surface area contributed by atoms with E-state index in [2.05, 4.69) is 15.9 Å². The Kier molecular flexibility index (Phi) is 4.38. The van der Waals surface area contributed by atoms with E-state index in [1.165, 1.54) is 6.07 Å². The van der Waals surface area contributed by atoms with Crippen molar-refractivity contribution in [3.05, 3.63) is 69.9 Å². The van der Waals surface area contributed by atoms with Crippen LogP contribution in [0, 0.1) is 5.82 Å². The predicted molar refractivity (Wildman–Crippen MR) is 80.7 cm³/mol. The Morgan fingerprint density at radius 3 is 2.37 bits per heavy atom. The van der Waals surface area contributed by atoms with Crippen molar-refractivity contribution in [2.75, 3.05) is 6.54 Å². The Morgan fingerprint density at radius 1 is 1.11 bits per heavy atom. The van der Waals surface area contributed by atoms with Gasteiger partial charge in [0.1, 0.15) is 5.82 Å². The zero-order valence-electron chi connectivity index (χ0n) is 10.9. The van der Waals surface area contributed by atoms with Crippen molar-refractivity contribution in [3.63, 3.8) is 0 Å². The van der Waals surface area contributed by atoms with Crippen LogP contribution in [0.2, 0.25) is 0 Å². The third kappa shape index (κ3) is 3.04. The second-order valence-electron chi connectivity index (χ2n) is 5.02. The zero-order valence-corrected chi connectivity index (χ0v) is 12.5. The van der Waals surface area contributed by atoms with Gasteiger partial charge in [-0.3, -0.25) is 0 Å². The van der Waals surface area contributed by atoms with Gasteiger partial charge in [0.2, 0.25) is 0 Å². The lowest BCUT2D eigenvalue weighted by Crippen LogP contribution is -2.35. The largest absolute Gasteiger partial charge is 0.330 e. The summed E-state index contributed by atoms with van der Waals surface area (Å²) in [6, 6.07) is 15.1. The van der Waals surface area contributed by atoms with Crippen LogP contribution in [0.25, 0.3) is 0 Å². The molecule has 0 aliphatic heterocycles. The van der Waals surface area contributed by atoms with Crippen molar-refractivity contribution >= 4 is 15.9 Å². The average Bonchev–Trinajstić information content (AvgIpc) is 2.39. The number of nitrogens with two attached hydrogens (primary N) is 1. The van der Waals surface area contributed by atoms with Gasteiger partial charge in [0.25, 0.3) is 0 Å². The summed E-state index contributed by atoms with van der Waals surface area (Å²) in [5.74, 6) is -0.210. The first-order chi connectivity index (χ1) is 9.07. The molecule has 0 heterocycles. The molecule has 2 aromatic carbocycles. The van der Waals surface area contributed by atoms with E-state index in [0.717, 1.165) is 10.0 Å². The summed E-state index contributed by atoms with van der Waals surface area (Å²) in [5, 5.41) is 0. The van der Waals surface area contributed by atoms with Crippen LogP contribution in [0.5, 0.6) is 0 Å². The normalized spacial score (nSPS) is 14.1. The number of halogens is 2. The summed E-state index contributed by atoms with van der Waals surface area (Å²) in [6.07, 6.45) is 0.712. The lowest BCUT2D eigenvalue weighted by atomic mass is 9.77. The highest BCUT2D eigenvalue weighted by molar-refractivity contribution is 9.10. The minimum Gasteiger partial charge on any atom is -0.330 e. The van der Waals surface area contributed by atoms with E-state index in [0.29, 0.717) is 18.5 Å². The molecule has 0 radical (unpaired) electrons. The van der Waals surface area contributed by atoms with E-state index in [1.807, 2.05) is 43.3 Å². The van der Waals surface area contributed by atoms with Gasteiger partial charge in [-0.15, -0.1) is 0 Å².